The lowest BCUT2D eigenvalue weighted by molar-refractivity contribution is -0.117. The molecular formula is C9H13N9O. The predicted octanol–water partition coefficient (Wildman–Crippen LogP) is -1.22. The molecule has 19 heavy (non-hydrogen) atoms. The molecule has 0 aliphatic rings. The van der Waals surface area contributed by atoms with Crippen LogP contribution in [-0.2, 0) is 4.79 Å². The number of rotatable bonds is 6. The van der Waals surface area contributed by atoms with E-state index >= 15 is 0 Å². The highest BCUT2D eigenvalue weighted by Gasteiger charge is 2.07. The number of nitrogens with zero attached hydrogens (tertiary/aromatic N) is 6. The SMILES string of the molecule is CNc1nc(NCCC(N)=O)nc(-n2cncn2)n1. The summed E-state index contributed by atoms with van der Waals surface area (Å²) in [5, 5.41) is 9.64. The van der Waals surface area contributed by atoms with Gasteiger partial charge in [0.05, 0.1) is 0 Å². The van der Waals surface area contributed by atoms with Gasteiger partial charge in [-0.25, -0.2) is 4.98 Å². The van der Waals surface area contributed by atoms with E-state index in [0.29, 0.717) is 24.4 Å². The van der Waals surface area contributed by atoms with Crippen LogP contribution in [0.15, 0.2) is 12.7 Å². The summed E-state index contributed by atoms with van der Waals surface area (Å²) in [6, 6.07) is 0. The van der Waals surface area contributed by atoms with E-state index in [1.165, 1.54) is 17.3 Å². The minimum absolute atomic E-state index is 0.194. The van der Waals surface area contributed by atoms with Crippen molar-refractivity contribution in [1.29, 1.82) is 0 Å². The van der Waals surface area contributed by atoms with E-state index in [9.17, 15) is 4.79 Å². The van der Waals surface area contributed by atoms with Crippen molar-refractivity contribution < 1.29 is 4.79 Å². The van der Waals surface area contributed by atoms with E-state index < -0.39 is 5.91 Å². The van der Waals surface area contributed by atoms with E-state index in [1.807, 2.05) is 0 Å². The number of carbonyl (C=O) groups is 1. The first-order valence-corrected chi connectivity index (χ1v) is 5.50. The molecule has 0 saturated heterocycles. The number of primary amides is 1. The van der Waals surface area contributed by atoms with Crippen LogP contribution in [0.3, 0.4) is 0 Å². The van der Waals surface area contributed by atoms with Gasteiger partial charge in [-0.15, -0.1) is 0 Å². The maximum atomic E-state index is 10.7. The molecule has 0 fully saturated rings. The summed E-state index contributed by atoms with van der Waals surface area (Å²) in [6.07, 6.45) is 3.05. The largest absolute Gasteiger partial charge is 0.370 e. The van der Waals surface area contributed by atoms with Crippen LogP contribution in [0.25, 0.3) is 5.95 Å². The molecule has 2 aromatic rings. The quantitative estimate of drug-likeness (QED) is 0.590. The Bertz CT molecular complexity index is 553. The fraction of sp³-hybridized carbons (Fsp3) is 0.333. The Morgan fingerprint density at radius 2 is 2.16 bits per heavy atom. The Morgan fingerprint density at radius 1 is 1.37 bits per heavy atom. The van der Waals surface area contributed by atoms with Crippen molar-refractivity contribution in [3.8, 4) is 5.95 Å². The number of hydrogen-bond donors (Lipinski definition) is 3. The number of amides is 1. The zero-order chi connectivity index (χ0) is 13.7. The molecule has 100 valence electrons. The van der Waals surface area contributed by atoms with Gasteiger partial charge in [-0.05, 0) is 0 Å². The standard InChI is InChI=1S/C9H13N9O/c1-11-7-15-8(13-3-2-6(10)19)17-9(16-7)18-5-12-4-14-18/h4-5H,2-3H2,1H3,(H2,10,19)(H2,11,13,15,16,17). The van der Waals surface area contributed by atoms with Crippen LogP contribution in [0.1, 0.15) is 6.42 Å². The van der Waals surface area contributed by atoms with Crippen molar-refractivity contribution in [3.05, 3.63) is 12.7 Å². The van der Waals surface area contributed by atoms with Gasteiger partial charge in [0, 0.05) is 20.0 Å². The first-order chi connectivity index (χ1) is 9.19. The molecule has 0 bridgehead atoms. The monoisotopic (exact) mass is 263 g/mol. The van der Waals surface area contributed by atoms with Crippen LogP contribution in [0.5, 0.6) is 0 Å². The second-order valence-electron chi connectivity index (χ2n) is 3.52. The van der Waals surface area contributed by atoms with Crippen molar-refractivity contribution in [2.24, 2.45) is 5.73 Å². The van der Waals surface area contributed by atoms with Gasteiger partial charge in [0.1, 0.15) is 12.7 Å². The third-order valence-electron chi connectivity index (χ3n) is 2.13. The third kappa shape index (κ3) is 3.34. The highest BCUT2D eigenvalue weighted by atomic mass is 16.1. The highest BCUT2D eigenvalue weighted by Crippen LogP contribution is 2.07. The first-order valence-electron chi connectivity index (χ1n) is 5.50. The van der Waals surface area contributed by atoms with Gasteiger partial charge in [-0.2, -0.15) is 24.7 Å². The molecule has 0 spiro atoms. The van der Waals surface area contributed by atoms with E-state index in [1.54, 1.807) is 7.05 Å². The normalized spacial score (nSPS) is 10.2. The molecule has 1 amide bonds. The lowest BCUT2D eigenvalue weighted by atomic mass is 10.4. The summed E-state index contributed by atoms with van der Waals surface area (Å²) in [7, 11) is 1.69. The molecule has 0 atom stereocenters. The molecule has 0 aliphatic heterocycles. The summed E-state index contributed by atoms with van der Waals surface area (Å²) >= 11 is 0. The topological polar surface area (TPSA) is 137 Å². The molecule has 0 saturated carbocycles. The van der Waals surface area contributed by atoms with E-state index in [2.05, 4.69) is 35.7 Å². The maximum Gasteiger partial charge on any atom is 0.258 e. The molecule has 2 rings (SSSR count). The average molecular weight is 263 g/mol. The molecule has 2 aromatic heterocycles. The van der Waals surface area contributed by atoms with Crippen molar-refractivity contribution in [1.82, 2.24) is 29.7 Å². The van der Waals surface area contributed by atoms with Gasteiger partial charge >= 0.3 is 0 Å². The molecule has 4 N–H and O–H groups in total. The highest BCUT2D eigenvalue weighted by molar-refractivity contribution is 5.74. The molecule has 0 radical (unpaired) electrons. The summed E-state index contributed by atoms with van der Waals surface area (Å²) in [5.74, 6) is 0.624. The van der Waals surface area contributed by atoms with Crippen LogP contribution in [0.2, 0.25) is 0 Å². The maximum absolute atomic E-state index is 10.7. The molecule has 10 heteroatoms. The summed E-state index contributed by atoms with van der Waals surface area (Å²) < 4.78 is 1.40. The lowest BCUT2D eigenvalue weighted by Crippen LogP contribution is -2.18. The van der Waals surface area contributed by atoms with Crippen LogP contribution in [0.4, 0.5) is 11.9 Å². The Balaban J connectivity index is 2.19. The zero-order valence-electron chi connectivity index (χ0n) is 10.2. The lowest BCUT2D eigenvalue weighted by Gasteiger charge is -2.07. The number of nitrogens with two attached hydrogens (primary N) is 1. The number of carbonyl (C=O) groups excluding carboxylic acids is 1. The zero-order valence-corrected chi connectivity index (χ0v) is 10.2. The fourth-order valence-corrected chi connectivity index (χ4v) is 1.27. The van der Waals surface area contributed by atoms with Crippen molar-refractivity contribution >= 4 is 17.8 Å². The number of anilines is 2. The minimum atomic E-state index is -0.396. The van der Waals surface area contributed by atoms with Gasteiger partial charge in [-0.3, -0.25) is 4.79 Å². The average Bonchev–Trinajstić information content (AvgIpc) is 2.92. The summed E-state index contributed by atoms with van der Waals surface area (Å²) in [5.41, 5.74) is 5.05. The van der Waals surface area contributed by atoms with Crippen LogP contribution in [-0.4, -0.2) is 49.2 Å². The van der Waals surface area contributed by atoms with E-state index in [0.717, 1.165) is 0 Å². The van der Waals surface area contributed by atoms with Gasteiger partial charge in [0.25, 0.3) is 5.95 Å². The Hall–Kier alpha value is -2.78. The molecule has 0 aromatic carbocycles. The second-order valence-corrected chi connectivity index (χ2v) is 3.52. The fourth-order valence-electron chi connectivity index (χ4n) is 1.27. The predicted molar refractivity (Wildman–Crippen MR) is 66.6 cm³/mol. The molecule has 0 aliphatic carbocycles. The van der Waals surface area contributed by atoms with Crippen LogP contribution >= 0.6 is 0 Å². The molecular weight excluding hydrogens is 250 g/mol. The second kappa shape index (κ2) is 5.71. The Labute approximate surface area is 108 Å². The number of hydrogen-bond acceptors (Lipinski definition) is 8. The Kier molecular flexibility index (Phi) is 3.81. The van der Waals surface area contributed by atoms with Gasteiger partial charge in [0.2, 0.25) is 17.8 Å². The van der Waals surface area contributed by atoms with E-state index in [4.69, 9.17) is 5.73 Å². The molecule has 2 heterocycles. The number of aromatic nitrogens is 6. The van der Waals surface area contributed by atoms with Crippen molar-refractivity contribution in [2.45, 2.75) is 6.42 Å². The van der Waals surface area contributed by atoms with Crippen molar-refractivity contribution in [3.63, 3.8) is 0 Å². The molecule has 10 nitrogen and oxygen atoms in total. The summed E-state index contributed by atoms with van der Waals surface area (Å²) in [4.78, 5) is 26.9. The van der Waals surface area contributed by atoms with Gasteiger partial charge in [-0.1, -0.05) is 0 Å². The van der Waals surface area contributed by atoms with Gasteiger partial charge in [0.15, 0.2) is 0 Å². The smallest absolute Gasteiger partial charge is 0.258 e. The third-order valence-corrected chi connectivity index (χ3v) is 2.13. The van der Waals surface area contributed by atoms with E-state index in [-0.39, 0.29) is 6.42 Å². The number of nitrogens with one attached hydrogen (secondary N) is 2. The Morgan fingerprint density at radius 3 is 2.79 bits per heavy atom. The minimum Gasteiger partial charge on any atom is -0.370 e. The van der Waals surface area contributed by atoms with Crippen LogP contribution < -0.4 is 16.4 Å². The first kappa shape index (κ1) is 12.7. The van der Waals surface area contributed by atoms with Gasteiger partial charge < -0.3 is 16.4 Å². The van der Waals surface area contributed by atoms with Crippen LogP contribution in [0, 0.1) is 0 Å². The summed E-state index contributed by atoms with van der Waals surface area (Å²) in [6.45, 7) is 0.347. The molecule has 0 unspecified atom stereocenters. The van der Waals surface area contributed by atoms with Crippen molar-refractivity contribution in [2.75, 3.05) is 24.2 Å².